The van der Waals surface area contributed by atoms with Gasteiger partial charge >= 0.3 is 0 Å². The van der Waals surface area contributed by atoms with Gasteiger partial charge in [0.2, 0.25) is 0 Å². The molecule has 0 atom stereocenters. The molecule has 5 aromatic rings. The van der Waals surface area contributed by atoms with Gasteiger partial charge in [0.25, 0.3) is 0 Å². The summed E-state index contributed by atoms with van der Waals surface area (Å²) in [5, 5.41) is 2.38. The molecule has 0 bridgehead atoms. The average Bonchev–Trinajstić information content (AvgIpc) is 3.04. The summed E-state index contributed by atoms with van der Waals surface area (Å²) in [5.41, 5.74) is 7.29. The predicted molar refractivity (Wildman–Crippen MR) is 171 cm³/mol. The van der Waals surface area contributed by atoms with Crippen LogP contribution in [0.25, 0.3) is 44.3 Å². The van der Waals surface area contributed by atoms with Gasteiger partial charge in [0.05, 0.1) is 22.4 Å². The molecule has 0 unspecified atom stereocenters. The topological polar surface area (TPSA) is 29.0 Å². The molecule has 1 saturated heterocycles. The Balaban J connectivity index is 0.000000657. The minimum atomic E-state index is 0.929. The van der Waals surface area contributed by atoms with Crippen molar-refractivity contribution < 1.29 is 0 Å². The van der Waals surface area contributed by atoms with E-state index in [1.54, 1.807) is 0 Å². The fourth-order valence-electron chi connectivity index (χ4n) is 4.88. The molecule has 1 aromatic heterocycles. The first kappa shape index (κ1) is 30.0. The zero-order chi connectivity index (χ0) is 28.0. The predicted octanol–water partition coefficient (Wildman–Crippen LogP) is 10.2. The van der Waals surface area contributed by atoms with Crippen LogP contribution in [0.1, 0.15) is 66.4 Å². The van der Waals surface area contributed by atoms with Gasteiger partial charge in [-0.3, -0.25) is 4.90 Å². The molecule has 1 aliphatic rings. The monoisotopic (exact) mass is 519 g/mol. The first-order valence-electron chi connectivity index (χ1n) is 14.9. The maximum Gasteiger partial charge on any atom is 0.0973 e. The quantitative estimate of drug-likeness (QED) is 0.221. The van der Waals surface area contributed by atoms with Crippen molar-refractivity contribution in [1.82, 2.24) is 14.9 Å². The van der Waals surface area contributed by atoms with E-state index in [4.69, 9.17) is 9.97 Å². The lowest BCUT2D eigenvalue weighted by molar-refractivity contribution is 0.221. The van der Waals surface area contributed by atoms with Crippen LogP contribution in [-0.4, -0.2) is 28.0 Å². The maximum absolute atomic E-state index is 5.14. The second kappa shape index (κ2) is 15.8. The number of hydrogen-bond donors (Lipinski definition) is 0. The molecule has 1 aliphatic heterocycles. The molecule has 0 N–H and O–H groups in total. The number of nitrogens with zero attached hydrogens (tertiary/aromatic N) is 3. The summed E-state index contributed by atoms with van der Waals surface area (Å²) in [6.07, 6.45) is 4.01. The van der Waals surface area contributed by atoms with E-state index in [2.05, 4.69) is 89.8 Å². The molecule has 0 amide bonds. The van der Waals surface area contributed by atoms with Gasteiger partial charge in [-0.05, 0) is 54.4 Å². The van der Waals surface area contributed by atoms with Crippen LogP contribution in [0.5, 0.6) is 0 Å². The van der Waals surface area contributed by atoms with Crippen LogP contribution in [0.4, 0.5) is 0 Å². The molecule has 2 heterocycles. The third-order valence-corrected chi connectivity index (χ3v) is 6.66. The summed E-state index contributed by atoms with van der Waals surface area (Å²) >= 11 is 0. The van der Waals surface area contributed by atoms with E-state index in [9.17, 15) is 0 Å². The van der Waals surface area contributed by atoms with Crippen LogP contribution >= 0.6 is 0 Å². The molecule has 0 radical (unpaired) electrons. The molecular weight excluding hydrogens is 474 g/mol. The smallest absolute Gasteiger partial charge is 0.0973 e. The summed E-state index contributed by atoms with van der Waals surface area (Å²) < 4.78 is 0. The first-order valence-corrected chi connectivity index (χ1v) is 14.9. The summed E-state index contributed by atoms with van der Waals surface area (Å²) in [7, 11) is 0. The van der Waals surface area contributed by atoms with Gasteiger partial charge in [0.15, 0.2) is 0 Å². The number of piperidine rings is 1. The van der Waals surface area contributed by atoms with Crippen molar-refractivity contribution in [2.24, 2.45) is 0 Å². The minimum Gasteiger partial charge on any atom is -0.299 e. The normalized spacial score (nSPS) is 12.9. The summed E-state index contributed by atoms with van der Waals surface area (Å²) in [6.45, 7) is 15.5. The molecule has 0 spiro atoms. The first-order chi connectivity index (χ1) is 19.3. The van der Waals surface area contributed by atoms with Crippen molar-refractivity contribution in [3.8, 4) is 22.5 Å². The third-order valence-electron chi connectivity index (χ3n) is 6.66. The van der Waals surface area contributed by atoms with Crippen molar-refractivity contribution in [3.05, 3.63) is 96.6 Å². The number of fused-ring (bicyclic) bond motifs is 2. The Kier molecular flexibility index (Phi) is 12.1. The van der Waals surface area contributed by atoms with Gasteiger partial charge < -0.3 is 0 Å². The number of likely N-dealkylation sites (tertiary alicyclic amines) is 1. The third kappa shape index (κ3) is 7.52. The van der Waals surface area contributed by atoms with Crippen LogP contribution in [0.3, 0.4) is 0 Å². The van der Waals surface area contributed by atoms with E-state index in [0.717, 1.165) is 40.1 Å². The van der Waals surface area contributed by atoms with Crippen molar-refractivity contribution in [2.45, 2.75) is 67.3 Å². The zero-order valence-electron chi connectivity index (χ0n) is 24.7. The highest BCUT2D eigenvalue weighted by molar-refractivity contribution is 5.97. The molecule has 0 saturated carbocycles. The van der Waals surface area contributed by atoms with Crippen molar-refractivity contribution in [2.75, 3.05) is 13.1 Å². The van der Waals surface area contributed by atoms with E-state index in [0.29, 0.717) is 0 Å². The molecule has 39 heavy (non-hydrogen) atoms. The van der Waals surface area contributed by atoms with E-state index < -0.39 is 0 Å². The highest BCUT2D eigenvalue weighted by atomic mass is 15.1. The summed E-state index contributed by atoms with van der Waals surface area (Å²) in [6, 6.07) is 32.0. The Bertz CT molecular complexity index is 1400. The molecule has 3 heteroatoms. The Morgan fingerprint density at radius 3 is 1.51 bits per heavy atom. The van der Waals surface area contributed by atoms with Crippen LogP contribution in [0, 0.1) is 0 Å². The van der Waals surface area contributed by atoms with Crippen LogP contribution < -0.4 is 0 Å². The maximum atomic E-state index is 5.14. The Hall–Kier alpha value is -3.56. The molecule has 1 fully saturated rings. The molecule has 3 nitrogen and oxygen atoms in total. The Morgan fingerprint density at radius 2 is 1.00 bits per heavy atom. The number of aromatic nitrogens is 2. The van der Waals surface area contributed by atoms with Gasteiger partial charge in [0, 0.05) is 17.7 Å². The standard InChI is InChI=1S/C30H27N3.3C2H6/c1-3-9-23(10-4-1)29-30(24-15-13-22(14-16-24)21-33-17-7-2-8-18-33)32-28-20-26-12-6-5-11-25(26)19-27(28)31-29;3*1-2/h1,3-6,9-16,19-20H,2,7-8,17-18,21H2;3*1-2H3. The zero-order valence-corrected chi connectivity index (χ0v) is 24.7. The minimum absolute atomic E-state index is 0.929. The van der Waals surface area contributed by atoms with Gasteiger partial charge in [-0.2, -0.15) is 0 Å². The lowest BCUT2D eigenvalue weighted by Gasteiger charge is -2.26. The fourth-order valence-corrected chi connectivity index (χ4v) is 4.88. The highest BCUT2D eigenvalue weighted by Crippen LogP contribution is 2.32. The highest BCUT2D eigenvalue weighted by Gasteiger charge is 2.15. The Morgan fingerprint density at radius 1 is 0.538 bits per heavy atom. The second-order valence-electron chi connectivity index (χ2n) is 9.01. The molecule has 204 valence electrons. The van der Waals surface area contributed by atoms with Gasteiger partial charge in [-0.15, -0.1) is 0 Å². The average molecular weight is 520 g/mol. The van der Waals surface area contributed by atoms with Gasteiger partial charge in [-0.1, -0.05) is 127 Å². The Labute approximate surface area is 235 Å². The largest absolute Gasteiger partial charge is 0.299 e. The van der Waals surface area contributed by atoms with Gasteiger partial charge in [0.1, 0.15) is 0 Å². The number of hydrogen-bond acceptors (Lipinski definition) is 3. The number of benzene rings is 4. The SMILES string of the molecule is CC.CC.CC.c1ccc(-c2nc3cc4ccccc4cc3nc2-c2ccc(CN3CCCCC3)cc2)cc1. The van der Waals surface area contributed by atoms with Crippen LogP contribution in [0.2, 0.25) is 0 Å². The molecular formula is C36H45N3. The van der Waals surface area contributed by atoms with E-state index in [1.165, 1.54) is 48.7 Å². The molecule has 4 aromatic carbocycles. The molecule has 6 rings (SSSR count). The van der Waals surface area contributed by atoms with Gasteiger partial charge in [-0.25, -0.2) is 9.97 Å². The number of rotatable bonds is 4. The second-order valence-corrected chi connectivity index (χ2v) is 9.01. The summed E-state index contributed by atoms with van der Waals surface area (Å²) in [5.74, 6) is 0. The summed E-state index contributed by atoms with van der Waals surface area (Å²) in [4.78, 5) is 12.8. The van der Waals surface area contributed by atoms with E-state index in [1.807, 2.05) is 47.6 Å². The van der Waals surface area contributed by atoms with Crippen molar-refractivity contribution in [3.63, 3.8) is 0 Å². The fraction of sp³-hybridized carbons (Fsp3) is 0.333. The van der Waals surface area contributed by atoms with E-state index >= 15 is 0 Å². The van der Waals surface area contributed by atoms with Crippen molar-refractivity contribution in [1.29, 1.82) is 0 Å². The van der Waals surface area contributed by atoms with E-state index in [-0.39, 0.29) is 0 Å². The lowest BCUT2D eigenvalue weighted by atomic mass is 10.0. The van der Waals surface area contributed by atoms with Crippen molar-refractivity contribution >= 4 is 21.8 Å². The van der Waals surface area contributed by atoms with Crippen LogP contribution in [0.15, 0.2) is 91.0 Å². The van der Waals surface area contributed by atoms with Crippen LogP contribution in [-0.2, 0) is 6.54 Å². The lowest BCUT2D eigenvalue weighted by Crippen LogP contribution is -2.29. The molecule has 0 aliphatic carbocycles.